The van der Waals surface area contributed by atoms with Gasteiger partial charge in [-0.2, -0.15) is 0 Å². The van der Waals surface area contributed by atoms with Crippen LogP contribution < -0.4 is 5.32 Å². The summed E-state index contributed by atoms with van der Waals surface area (Å²) in [5, 5.41) is 5.32. The van der Waals surface area contributed by atoms with Crippen LogP contribution >= 0.6 is 39.0 Å². The second-order valence-electron chi connectivity index (χ2n) is 6.52. The lowest BCUT2D eigenvalue weighted by molar-refractivity contribution is -0.131. The number of thioether (sulfide) groups is 1. The summed E-state index contributed by atoms with van der Waals surface area (Å²) >= 11 is 6.17. The first-order valence-electron chi connectivity index (χ1n) is 8.91. The molecule has 0 unspecified atom stereocenters. The first kappa shape index (κ1) is 20.4. The molecular formula is C19H22BrN3O2S2. The van der Waals surface area contributed by atoms with Crippen molar-refractivity contribution >= 4 is 56.0 Å². The number of likely N-dealkylation sites (tertiary alicyclic amines) is 1. The molecule has 8 heteroatoms. The lowest BCUT2D eigenvalue weighted by atomic mass is 10.0. The van der Waals surface area contributed by atoms with Crippen LogP contribution in [0.2, 0.25) is 0 Å². The number of halogens is 1. The summed E-state index contributed by atoms with van der Waals surface area (Å²) in [6.45, 7) is 2.94. The number of amides is 2. The van der Waals surface area contributed by atoms with Gasteiger partial charge >= 0.3 is 0 Å². The molecule has 2 aromatic rings. The van der Waals surface area contributed by atoms with Crippen LogP contribution in [0, 0.1) is 0 Å². The van der Waals surface area contributed by atoms with E-state index in [2.05, 4.69) is 33.2 Å². The van der Waals surface area contributed by atoms with E-state index in [0.717, 1.165) is 35.1 Å². The van der Waals surface area contributed by atoms with Gasteiger partial charge in [0.2, 0.25) is 11.8 Å². The van der Waals surface area contributed by atoms with E-state index in [1.165, 1.54) is 29.5 Å². The molecular weight excluding hydrogens is 446 g/mol. The van der Waals surface area contributed by atoms with Crippen LogP contribution in [0.4, 0.5) is 5.13 Å². The van der Waals surface area contributed by atoms with Crippen LogP contribution in [-0.4, -0.2) is 45.8 Å². The second kappa shape index (κ2) is 9.71. The highest BCUT2D eigenvalue weighted by molar-refractivity contribution is 9.10. The number of benzene rings is 1. The van der Waals surface area contributed by atoms with Gasteiger partial charge in [-0.05, 0) is 38.3 Å². The molecule has 0 radical (unpaired) electrons. The highest BCUT2D eigenvalue weighted by Gasteiger charge is 2.23. The lowest BCUT2D eigenvalue weighted by Gasteiger charge is -2.33. The SMILES string of the molecule is C[C@@H]1CCCCN1C(=O)CSCC(=O)Nc1nc(-c2ccc(Br)cc2)cs1. The Labute approximate surface area is 176 Å². The largest absolute Gasteiger partial charge is 0.339 e. The Morgan fingerprint density at radius 3 is 2.81 bits per heavy atom. The number of hydrogen-bond acceptors (Lipinski definition) is 5. The van der Waals surface area contributed by atoms with Crippen LogP contribution in [0.25, 0.3) is 11.3 Å². The molecule has 1 aliphatic heterocycles. The highest BCUT2D eigenvalue weighted by Crippen LogP contribution is 2.26. The van der Waals surface area contributed by atoms with Gasteiger partial charge in [0.15, 0.2) is 5.13 Å². The highest BCUT2D eigenvalue weighted by atomic mass is 79.9. The molecule has 0 spiro atoms. The Balaban J connectivity index is 1.44. The van der Waals surface area contributed by atoms with E-state index in [1.54, 1.807) is 0 Å². The summed E-state index contributed by atoms with van der Waals surface area (Å²) in [5.74, 6) is 0.601. The van der Waals surface area contributed by atoms with E-state index in [1.807, 2.05) is 34.5 Å². The van der Waals surface area contributed by atoms with E-state index in [4.69, 9.17) is 0 Å². The van der Waals surface area contributed by atoms with Gasteiger partial charge in [-0.3, -0.25) is 9.59 Å². The van der Waals surface area contributed by atoms with Gasteiger partial charge in [0.05, 0.1) is 17.2 Å². The zero-order chi connectivity index (χ0) is 19.2. The third kappa shape index (κ3) is 5.80. The standard InChI is InChI=1S/C19H22BrN3O2S2/c1-13-4-2-3-9-23(13)18(25)12-26-11-17(24)22-19-21-16(10-27-19)14-5-7-15(20)8-6-14/h5-8,10,13H,2-4,9,11-12H2,1H3,(H,21,22,24)/t13-/m1/s1. The maximum Gasteiger partial charge on any atom is 0.236 e. The van der Waals surface area contributed by atoms with Crippen molar-refractivity contribution in [2.45, 2.75) is 32.2 Å². The fourth-order valence-electron chi connectivity index (χ4n) is 3.02. The summed E-state index contributed by atoms with van der Waals surface area (Å²) < 4.78 is 1.01. The number of nitrogens with zero attached hydrogens (tertiary/aromatic N) is 2. The molecule has 144 valence electrons. The topological polar surface area (TPSA) is 62.3 Å². The van der Waals surface area contributed by atoms with Gasteiger partial charge in [-0.1, -0.05) is 28.1 Å². The predicted molar refractivity (Wildman–Crippen MR) is 116 cm³/mol. The van der Waals surface area contributed by atoms with Gasteiger partial charge in [-0.25, -0.2) is 4.98 Å². The molecule has 2 heterocycles. The predicted octanol–water partition coefficient (Wildman–Crippen LogP) is 4.65. The molecule has 0 bridgehead atoms. The molecule has 3 rings (SSSR count). The van der Waals surface area contributed by atoms with E-state index in [9.17, 15) is 9.59 Å². The van der Waals surface area contributed by atoms with Crippen LogP contribution in [0.15, 0.2) is 34.1 Å². The van der Waals surface area contributed by atoms with Gasteiger partial charge in [0, 0.05) is 28.0 Å². The van der Waals surface area contributed by atoms with Gasteiger partial charge in [0.1, 0.15) is 0 Å². The number of piperidine rings is 1. The van der Waals surface area contributed by atoms with Crippen molar-refractivity contribution in [2.24, 2.45) is 0 Å². The average molecular weight is 468 g/mol. The molecule has 27 heavy (non-hydrogen) atoms. The second-order valence-corrected chi connectivity index (χ2v) is 9.28. The van der Waals surface area contributed by atoms with Crippen molar-refractivity contribution in [2.75, 3.05) is 23.4 Å². The molecule has 1 saturated heterocycles. The number of carbonyl (C=O) groups excluding carboxylic acids is 2. The average Bonchev–Trinajstić information content (AvgIpc) is 3.11. The van der Waals surface area contributed by atoms with Crippen LogP contribution in [-0.2, 0) is 9.59 Å². The molecule has 0 aliphatic carbocycles. The van der Waals surface area contributed by atoms with Crippen molar-refractivity contribution in [3.8, 4) is 11.3 Å². The number of anilines is 1. The maximum absolute atomic E-state index is 12.3. The summed E-state index contributed by atoms with van der Waals surface area (Å²) in [7, 11) is 0. The summed E-state index contributed by atoms with van der Waals surface area (Å²) in [6.07, 6.45) is 3.34. The van der Waals surface area contributed by atoms with Gasteiger partial charge in [-0.15, -0.1) is 23.1 Å². The van der Waals surface area contributed by atoms with Crippen molar-refractivity contribution in [1.29, 1.82) is 0 Å². The summed E-state index contributed by atoms with van der Waals surface area (Å²) in [6, 6.07) is 8.20. The Morgan fingerprint density at radius 1 is 1.30 bits per heavy atom. The zero-order valence-electron chi connectivity index (χ0n) is 15.1. The van der Waals surface area contributed by atoms with E-state index in [-0.39, 0.29) is 17.6 Å². The molecule has 5 nitrogen and oxygen atoms in total. The van der Waals surface area contributed by atoms with Crippen LogP contribution in [0.3, 0.4) is 0 Å². The van der Waals surface area contributed by atoms with E-state index in [0.29, 0.717) is 16.9 Å². The quantitative estimate of drug-likeness (QED) is 0.671. The lowest BCUT2D eigenvalue weighted by Crippen LogP contribution is -2.43. The fourth-order valence-corrected chi connectivity index (χ4v) is 4.72. The van der Waals surface area contributed by atoms with Crippen molar-refractivity contribution in [3.05, 3.63) is 34.1 Å². The summed E-state index contributed by atoms with van der Waals surface area (Å²) in [4.78, 5) is 30.8. The number of carbonyl (C=O) groups is 2. The fraction of sp³-hybridized carbons (Fsp3) is 0.421. The molecule has 2 amide bonds. The number of aromatic nitrogens is 1. The van der Waals surface area contributed by atoms with Crippen LogP contribution in [0.1, 0.15) is 26.2 Å². The smallest absolute Gasteiger partial charge is 0.236 e. The Kier molecular flexibility index (Phi) is 7.32. The minimum atomic E-state index is -0.129. The van der Waals surface area contributed by atoms with Gasteiger partial charge < -0.3 is 10.2 Å². The number of nitrogens with one attached hydrogen (secondary N) is 1. The van der Waals surface area contributed by atoms with Crippen molar-refractivity contribution < 1.29 is 9.59 Å². The van der Waals surface area contributed by atoms with Crippen molar-refractivity contribution in [3.63, 3.8) is 0 Å². The Morgan fingerprint density at radius 2 is 2.07 bits per heavy atom. The Bertz CT molecular complexity index is 795. The monoisotopic (exact) mass is 467 g/mol. The minimum Gasteiger partial charge on any atom is -0.339 e. The number of rotatable bonds is 6. The minimum absolute atomic E-state index is 0.129. The van der Waals surface area contributed by atoms with E-state index < -0.39 is 0 Å². The molecule has 1 fully saturated rings. The van der Waals surface area contributed by atoms with Crippen LogP contribution in [0.5, 0.6) is 0 Å². The normalized spacial score (nSPS) is 17.0. The molecule has 1 aliphatic rings. The number of thiazole rings is 1. The first-order chi connectivity index (χ1) is 13.0. The number of hydrogen-bond donors (Lipinski definition) is 1. The zero-order valence-corrected chi connectivity index (χ0v) is 18.3. The summed E-state index contributed by atoms with van der Waals surface area (Å²) in [5.41, 5.74) is 1.84. The molecule has 1 atom stereocenters. The Hall–Kier alpha value is -1.38. The molecule has 0 saturated carbocycles. The third-order valence-corrected chi connectivity index (χ3v) is 6.68. The molecule has 1 N–H and O–H groups in total. The molecule has 1 aromatic carbocycles. The van der Waals surface area contributed by atoms with E-state index >= 15 is 0 Å². The molecule has 1 aromatic heterocycles. The van der Waals surface area contributed by atoms with Gasteiger partial charge in [0.25, 0.3) is 0 Å². The maximum atomic E-state index is 12.3. The first-order valence-corrected chi connectivity index (χ1v) is 11.7. The third-order valence-electron chi connectivity index (χ3n) is 4.47. The van der Waals surface area contributed by atoms with Crippen molar-refractivity contribution in [1.82, 2.24) is 9.88 Å².